The first kappa shape index (κ1) is 22.7. The van der Waals surface area contributed by atoms with Crippen molar-refractivity contribution in [2.45, 2.75) is 39.1 Å². The smallest absolute Gasteiger partial charge is 0.243 e. The van der Waals surface area contributed by atoms with Gasteiger partial charge in [0.1, 0.15) is 0 Å². The molecule has 3 rings (SSSR count). The summed E-state index contributed by atoms with van der Waals surface area (Å²) in [4.78, 5) is 13.0. The molecule has 0 aromatic heterocycles. The highest BCUT2D eigenvalue weighted by atomic mass is 32.2. The Balaban J connectivity index is 1.89. The van der Waals surface area contributed by atoms with Crippen molar-refractivity contribution in [3.8, 4) is 0 Å². The first-order valence-electron chi connectivity index (χ1n) is 10.1. The van der Waals surface area contributed by atoms with Gasteiger partial charge in [-0.3, -0.25) is 4.79 Å². The summed E-state index contributed by atoms with van der Waals surface area (Å²) < 4.78 is 28.0. The van der Waals surface area contributed by atoms with E-state index >= 15 is 0 Å². The van der Waals surface area contributed by atoms with Crippen LogP contribution in [0.1, 0.15) is 27.8 Å². The van der Waals surface area contributed by atoms with Gasteiger partial charge in [0, 0.05) is 12.2 Å². The van der Waals surface area contributed by atoms with Crippen LogP contribution in [0.25, 0.3) is 0 Å². The lowest BCUT2D eigenvalue weighted by Gasteiger charge is -2.22. The summed E-state index contributed by atoms with van der Waals surface area (Å²) in [6.45, 7) is 7.55. The molecule has 0 spiro atoms. The molecule has 0 atom stereocenters. The van der Waals surface area contributed by atoms with Crippen molar-refractivity contribution in [3.63, 3.8) is 0 Å². The average molecular weight is 437 g/mol. The van der Waals surface area contributed by atoms with Crippen molar-refractivity contribution in [2.24, 2.45) is 0 Å². The number of hydrogen-bond donors (Lipinski definition) is 1. The van der Waals surface area contributed by atoms with E-state index in [1.54, 1.807) is 24.3 Å². The highest BCUT2D eigenvalue weighted by Crippen LogP contribution is 2.21. The summed E-state index contributed by atoms with van der Waals surface area (Å²) in [5, 5.41) is 2.86. The Morgan fingerprint density at radius 1 is 0.806 bits per heavy atom. The predicted octanol–water partition coefficient (Wildman–Crippen LogP) is 4.75. The third kappa shape index (κ3) is 5.81. The number of sulfonamides is 1. The topological polar surface area (TPSA) is 66.5 Å². The fraction of sp³-hybridized carbons (Fsp3) is 0.240. The predicted molar refractivity (Wildman–Crippen MR) is 124 cm³/mol. The van der Waals surface area contributed by atoms with E-state index in [0.717, 1.165) is 27.8 Å². The van der Waals surface area contributed by atoms with E-state index in [0.29, 0.717) is 5.69 Å². The highest BCUT2D eigenvalue weighted by Gasteiger charge is 2.27. The Labute approximate surface area is 184 Å². The van der Waals surface area contributed by atoms with Gasteiger partial charge in [0.05, 0.1) is 11.4 Å². The summed E-state index contributed by atoms with van der Waals surface area (Å²) in [6, 6.07) is 20.1. The fourth-order valence-corrected chi connectivity index (χ4v) is 4.59. The first-order chi connectivity index (χ1) is 14.6. The summed E-state index contributed by atoms with van der Waals surface area (Å²) in [7, 11) is -3.86. The quantitative estimate of drug-likeness (QED) is 0.581. The minimum atomic E-state index is -3.86. The SMILES string of the molecule is Cc1ccc(CN(CC(=O)Nc2cc(C)ccc2C)S(=O)(=O)c2ccc(C)cc2)cc1. The van der Waals surface area contributed by atoms with Crippen molar-refractivity contribution < 1.29 is 13.2 Å². The maximum Gasteiger partial charge on any atom is 0.243 e. The van der Waals surface area contributed by atoms with E-state index < -0.39 is 10.0 Å². The number of benzene rings is 3. The summed E-state index contributed by atoms with van der Waals surface area (Å²) >= 11 is 0. The summed E-state index contributed by atoms with van der Waals surface area (Å²) in [5.74, 6) is -0.378. The number of anilines is 1. The third-order valence-corrected chi connectivity index (χ3v) is 6.93. The monoisotopic (exact) mass is 436 g/mol. The molecule has 0 aliphatic rings. The number of hydrogen-bond acceptors (Lipinski definition) is 3. The fourth-order valence-electron chi connectivity index (χ4n) is 3.20. The van der Waals surface area contributed by atoms with Crippen LogP contribution in [0.4, 0.5) is 5.69 Å². The Bertz CT molecular complexity index is 1170. The van der Waals surface area contributed by atoms with Gasteiger partial charge in [-0.15, -0.1) is 0 Å². The Morgan fingerprint density at radius 2 is 1.35 bits per heavy atom. The summed E-state index contributed by atoms with van der Waals surface area (Å²) in [5.41, 5.74) is 5.50. The molecule has 31 heavy (non-hydrogen) atoms. The van der Waals surface area contributed by atoms with Gasteiger partial charge in [-0.05, 0) is 62.6 Å². The van der Waals surface area contributed by atoms with Gasteiger partial charge in [-0.25, -0.2) is 8.42 Å². The van der Waals surface area contributed by atoms with Crippen molar-refractivity contribution in [1.29, 1.82) is 0 Å². The number of nitrogens with zero attached hydrogens (tertiary/aromatic N) is 1. The molecule has 0 aliphatic heterocycles. The minimum absolute atomic E-state index is 0.108. The Hall–Kier alpha value is -2.96. The van der Waals surface area contributed by atoms with E-state index in [4.69, 9.17) is 0 Å². The van der Waals surface area contributed by atoms with Gasteiger partial charge in [-0.2, -0.15) is 4.31 Å². The number of carbonyl (C=O) groups is 1. The zero-order valence-corrected chi connectivity index (χ0v) is 19.2. The molecule has 1 N–H and O–H groups in total. The molecule has 0 unspecified atom stereocenters. The molecule has 0 fully saturated rings. The Morgan fingerprint density at radius 3 is 1.97 bits per heavy atom. The van der Waals surface area contributed by atoms with E-state index in [1.807, 2.05) is 70.2 Å². The molecular formula is C25H28N2O3S. The van der Waals surface area contributed by atoms with Crippen LogP contribution in [-0.4, -0.2) is 25.2 Å². The second-order valence-electron chi connectivity index (χ2n) is 7.94. The zero-order valence-electron chi connectivity index (χ0n) is 18.3. The third-order valence-electron chi connectivity index (χ3n) is 5.13. The van der Waals surface area contributed by atoms with Gasteiger partial charge < -0.3 is 5.32 Å². The molecule has 3 aromatic rings. The normalized spacial score (nSPS) is 11.5. The largest absolute Gasteiger partial charge is 0.325 e. The maximum absolute atomic E-state index is 13.4. The van der Waals surface area contributed by atoms with Gasteiger partial charge in [0.25, 0.3) is 0 Å². The summed E-state index contributed by atoms with van der Waals surface area (Å²) in [6.07, 6.45) is 0. The molecule has 5 nitrogen and oxygen atoms in total. The molecule has 6 heteroatoms. The lowest BCUT2D eigenvalue weighted by molar-refractivity contribution is -0.116. The molecule has 0 bridgehead atoms. The second-order valence-corrected chi connectivity index (χ2v) is 9.88. The van der Waals surface area contributed by atoms with Gasteiger partial charge in [-0.1, -0.05) is 59.7 Å². The van der Waals surface area contributed by atoms with Crippen LogP contribution in [0.3, 0.4) is 0 Å². The van der Waals surface area contributed by atoms with Gasteiger partial charge in [0.2, 0.25) is 15.9 Å². The van der Waals surface area contributed by atoms with Crippen LogP contribution in [0, 0.1) is 27.7 Å². The van der Waals surface area contributed by atoms with Gasteiger partial charge >= 0.3 is 0 Å². The van der Waals surface area contributed by atoms with Crippen molar-refractivity contribution in [3.05, 3.63) is 94.5 Å². The van der Waals surface area contributed by atoms with E-state index in [-0.39, 0.29) is 23.9 Å². The van der Waals surface area contributed by atoms with Crippen molar-refractivity contribution in [1.82, 2.24) is 4.31 Å². The molecule has 0 radical (unpaired) electrons. The van der Waals surface area contributed by atoms with Crippen LogP contribution in [-0.2, 0) is 21.4 Å². The van der Waals surface area contributed by atoms with Gasteiger partial charge in [0.15, 0.2) is 0 Å². The van der Waals surface area contributed by atoms with Crippen LogP contribution in [0.2, 0.25) is 0 Å². The molecule has 1 amide bonds. The van der Waals surface area contributed by atoms with Crippen molar-refractivity contribution >= 4 is 21.6 Å². The number of amides is 1. The Kier molecular flexibility index (Phi) is 6.93. The number of rotatable bonds is 7. The molecule has 0 heterocycles. The molecule has 3 aromatic carbocycles. The second kappa shape index (κ2) is 9.45. The van der Waals surface area contributed by atoms with E-state index in [2.05, 4.69) is 5.32 Å². The van der Waals surface area contributed by atoms with Crippen molar-refractivity contribution in [2.75, 3.05) is 11.9 Å². The molecular weight excluding hydrogens is 408 g/mol. The maximum atomic E-state index is 13.4. The molecule has 0 saturated heterocycles. The van der Waals surface area contributed by atoms with Crippen LogP contribution in [0.5, 0.6) is 0 Å². The highest BCUT2D eigenvalue weighted by molar-refractivity contribution is 7.89. The average Bonchev–Trinajstić information content (AvgIpc) is 2.72. The molecule has 0 aliphatic carbocycles. The zero-order chi connectivity index (χ0) is 22.6. The standard InChI is InChI=1S/C25H28N2O3S/c1-18-6-11-22(12-7-18)16-27(31(29,30)23-13-8-19(2)9-14-23)17-25(28)26-24-15-20(3)5-10-21(24)4/h5-15H,16-17H2,1-4H3,(H,26,28). The lowest BCUT2D eigenvalue weighted by Crippen LogP contribution is -2.37. The van der Waals surface area contributed by atoms with Crippen LogP contribution in [0.15, 0.2) is 71.6 Å². The van der Waals surface area contributed by atoms with E-state index in [1.165, 1.54) is 4.31 Å². The number of nitrogens with one attached hydrogen (secondary N) is 1. The number of carbonyl (C=O) groups excluding carboxylic acids is 1. The lowest BCUT2D eigenvalue weighted by atomic mass is 10.1. The van der Waals surface area contributed by atoms with E-state index in [9.17, 15) is 13.2 Å². The van der Waals surface area contributed by atoms with Crippen LogP contribution < -0.4 is 5.32 Å². The first-order valence-corrected chi connectivity index (χ1v) is 11.6. The number of aryl methyl sites for hydroxylation is 4. The molecule has 0 saturated carbocycles. The minimum Gasteiger partial charge on any atom is -0.325 e. The van der Waals surface area contributed by atoms with Crippen LogP contribution >= 0.6 is 0 Å². The molecule has 162 valence electrons.